The van der Waals surface area contributed by atoms with Crippen molar-refractivity contribution < 1.29 is 17.9 Å². The van der Waals surface area contributed by atoms with Crippen LogP contribution in [0, 0.1) is 0 Å². The lowest BCUT2D eigenvalue weighted by molar-refractivity contribution is 0.0299. The molecule has 1 amide bonds. The lowest BCUT2D eigenvalue weighted by Crippen LogP contribution is -2.41. The zero-order chi connectivity index (χ0) is 15.6. The molecular formula is C13H18N4O4S. The summed E-state index contributed by atoms with van der Waals surface area (Å²) in [4.78, 5) is 22.1. The first kappa shape index (κ1) is 15.2. The summed E-state index contributed by atoms with van der Waals surface area (Å²) < 4.78 is 28.2. The predicted molar refractivity (Wildman–Crippen MR) is 79.4 cm³/mol. The number of sulfone groups is 1. The second-order valence-corrected chi connectivity index (χ2v) is 7.67. The van der Waals surface area contributed by atoms with Crippen LogP contribution in [-0.2, 0) is 14.6 Å². The highest BCUT2D eigenvalue weighted by molar-refractivity contribution is 7.91. The van der Waals surface area contributed by atoms with E-state index in [-0.39, 0.29) is 23.5 Å². The van der Waals surface area contributed by atoms with Gasteiger partial charge in [0.05, 0.1) is 24.7 Å². The van der Waals surface area contributed by atoms with Gasteiger partial charge in [-0.1, -0.05) is 0 Å². The van der Waals surface area contributed by atoms with E-state index in [1.807, 2.05) is 0 Å². The second-order valence-electron chi connectivity index (χ2n) is 5.44. The fourth-order valence-corrected chi connectivity index (χ4v) is 4.27. The Bertz CT molecular complexity index is 658. The fourth-order valence-electron chi connectivity index (χ4n) is 2.60. The molecule has 2 fully saturated rings. The normalized spacial score (nSPS) is 24.2. The van der Waals surface area contributed by atoms with Gasteiger partial charge in [0, 0.05) is 25.2 Å². The quantitative estimate of drug-likeness (QED) is 0.802. The summed E-state index contributed by atoms with van der Waals surface area (Å²) in [6, 6.07) is 1.41. The number of anilines is 1. The number of carbonyl (C=O) groups is 1. The maximum absolute atomic E-state index is 12.3. The highest BCUT2D eigenvalue weighted by Gasteiger charge is 2.28. The molecule has 0 bridgehead atoms. The molecule has 22 heavy (non-hydrogen) atoms. The van der Waals surface area contributed by atoms with Crippen LogP contribution in [0.4, 0.5) is 5.82 Å². The maximum atomic E-state index is 12.3. The minimum absolute atomic E-state index is 0.101. The Morgan fingerprint density at radius 1 is 1.32 bits per heavy atom. The summed E-state index contributed by atoms with van der Waals surface area (Å²) in [5.74, 6) is 0.612. The van der Waals surface area contributed by atoms with Crippen LogP contribution in [0.25, 0.3) is 0 Å². The van der Waals surface area contributed by atoms with E-state index in [0.29, 0.717) is 44.2 Å². The molecule has 1 atom stereocenters. The number of rotatable bonds is 3. The van der Waals surface area contributed by atoms with Crippen molar-refractivity contribution in [1.82, 2.24) is 14.9 Å². The minimum atomic E-state index is -2.95. The van der Waals surface area contributed by atoms with E-state index in [1.54, 1.807) is 11.0 Å². The Balaban J connectivity index is 1.68. The lowest BCUT2D eigenvalue weighted by Gasteiger charge is -2.26. The third kappa shape index (κ3) is 3.53. The molecule has 0 aliphatic carbocycles. The van der Waals surface area contributed by atoms with Gasteiger partial charge in [0.2, 0.25) is 0 Å². The molecule has 1 unspecified atom stereocenters. The van der Waals surface area contributed by atoms with E-state index < -0.39 is 9.84 Å². The van der Waals surface area contributed by atoms with E-state index in [9.17, 15) is 13.2 Å². The Labute approximate surface area is 128 Å². The van der Waals surface area contributed by atoms with Crippen LogP contribution in [0.3, 0.4) is 0 Å². The van der Waals surface area contributed by atoms with Crippen molar-refractivity contribution in [2.45, 2.75) is 12.5 Å². The summed E-state index contributed by atoms with van der Waals surface area (Å²) in [6.45, 7) is 2.16. The molecule has 0 radical (unpaired) electrons. The number of aromatic nitrogens is 2. The number of nitrogens with one attached hydrogen (secondary N) is 1. The van der Waals surface area contributed by atoms with E-state index in [4.69, 9.17) is 4.74 Å². The fraction of sp³-hybridized carbons (Fsp3) is 0.615. The number of nitrogens with zero attached hydrogens (tertiary/aromatic N) is 3. The Morgan fingerprint density at radius 2 is 2.09 bits per heavy atom. The van der Waals surface area contributed by atoms with Gasteiger partial charge in [-0.05, 0) is 6.42 Å². The highest BCUT2D eigenvalue weighted by atomic mass is 32.2. The van der Waals surface area contributed by atoms with Crippen LogP contribution in [0.1, 0.15) is 16.9 Å². The first-order valence-electron chi connectivity index (χ1n) is 7.19. The molecule has 8 nitrogen and oxygen atoms in total. The standard InChI is InChI=1S/C13H18N4O4S/c18-13(17-2-4-21-5-3-17)11-7-12(15-9-14-11)16-10-1-6-22(19,20)8-10/h7,9-10H,1-6,8H2,(H,14,15,16). The number of morpholine rings is 1. The lowest BCUT2D eigenvalue weighted by atomic mass is 10.2. The number of amides is 1. The van der Waals surface area contributed by atoms with Gasteiger partial charge >= 0.3 is 0 Å². The largest absolute Gasteiger partial charge is 0.378 e. The summed E-state index contributed by atoms with van der Waals surface area (Å²) >= 11 is 0. The summed E-state index contributed by atoms with van der Waals surface area (Å²) in [6.07, 6.45) is 1.87. The average molecular weight is 326 g/mol. The molecule has 0 aromatic carbocycles. The first-order chi connectivity index (χ1) is 10.5. The van der Waals surface area contributed by atoms with Crippen LogP contribution in [-0.4, -0.2) is 73.0 Å². The molecule has 2 saturated heterocycles. The summed E-state index contributed by atoms with van der Waals surface area (Å²) in [7, 11) is -2.95. The molecule has 1 aromatic rings. The molecule has 3 rings (SSSR count). The van der Waals surface area contributed by atoms with Gasteiger partial charge in [0.15, 0.2) is 9.84 Å². The van der Waals surface area contributed by atoms with E-state index in [0.717, 1.165) is 0 Å². The third-order valence-electron chi connectivity index (χ3n) is 3.77. The van der Waals surface area contributed by atoms with Crippen LogP contribution >= 0.6 is 0 Å². The molecule has 2 aliphatic heterocycles. The van der Waals surface area contributed by atoms with Gasteiger partial charge in [-0.3, -0.25) is 4.79 Å². The highest BCUT2D eigenvalue weighted by Crippen LogP contribution is 2.16. The zero-order valence-electron chi connectivity index (χ0n) is 12.1. The number of ether oxygens (including phenoxy) is 1. The van der Waals surface area contributed by atoms with Crippen molar-refractivity contribution in [1.29, 1.82) is 0 Å². The van der Waals surface area contributed by atoms with Crippen molar-refractivity contribution >= 4 is 21.6 Å². The second kappa shape index (κ2) is 6.17. The first-order valence-corrected chi connectivity index (χ1v) is 9.02. The molecule has 9 heteroatoms. The molecular weight excluding hydrogens is 308 g/mol. The average Bonchev–Trinajstić information content (AvgIpc) is 2.86. The van der Waals surface area contributed by atoms with Crippen LogP contribution in [0.5, 0.6) is 0 Å². The Morgan fingerprint density at radius 3 is 2.77 bits per heavy atom. The monoisotopic (exact) mass is 326 g/mol. The predicted octanol–water partition coefficient (Wildman–Crippen LogP) is -0.452. The third-order valence-corrected chi connectivity index (χ3v) is 5.54. The molecule has 120 valence electrons. The molecule has 0 spiro atoms. The van der Waals surface area contributed by atoms with Crippen LogP contribution in [0.15, 0.2) is 12.4 Å². The molecule has 1 aromatic heterocycles. The maximum Gasteiger partial charge on any atom is 0.272 e. The van der Waals surface area contributed by atoms with Crippen LogP contribution in [0.2, 0.25) is 0 Å². The van der Waals surface area contributed by atoms with Gasteiger partial charge < -0.3 is 15.0 Å². The number of hydrogen-bond donors (Lipinski definition) is 1. The van der Waals surface area contributed by atoms with Gasteiger partial charge in [-0.2, -0.15) is 0 Å². The van der Waals surface area contributed by atoms with Gasteiger partial charge in [0.1, 0.15) is 17.8 Å². The molecule has 0 saturated carbocycles. The van der Waals surface area contributed by atoms with Crippen LogP contribution < -0.4 is 5.32 Å². The van der Waals surface area contributed by atoms with E-state index >= 15 is 0 Å². The zero-order valence-corrected chi connectivity index (χ0v) is 12.9. The van der Waals surface area contributed by atoms with Crippen molar-refractivity contribution in [3.8, 4) is 0 Å². The van der Waals surface area contributed by atoms with Crippen molar-refractivity contribution in [3.05, 3.63) is 18.1 Å². The smallest absolute Gasteiger partial charge is 0.272 e. The molecule has 1 N–H and O–H groups in total. The SMILES string of the molecule is O=C(c1cc(NC2CCS(=O)(=O)C2)ncn1)N1CCOCC1. The minimum Gasteiger partial charge on any atom is -0.378 e. The van der Waals surface area contributed by atoms with Crippen molar-refractivity contribution in [2.24, 2.45) is 0 Å². The summed E-state index contributed by atoms with van der Waals surface area (Å²) in [5, 5.41) is 3.07. The topological polar surface area (TPSA) is 101 Å². The molecule has 3 heterocycles. The van der Waals surface area contributed by atoms with Gasteiger partial charge in [0.25, 0.3) is 5.91 Å². The Hall–Kier alpha value is -1.74. The van der Waals surface area contributed by atoms with E-state index in [2.05, 4.69) is 15.3 Å². The molecule has 2 aliphatic rings. The van der Waals surface area contributed by atoms with Gasteiger partial charge in [-0.15, -0.1) is 0 Å². The summed E-state index contributed by atoms with van der Waals surface area (Å²) in [5.41, 5.74) is 0.306. The van der Waals surface area contributed by atoms with Crippen molar-refractivity contribution in [2.75, 3.05) is 43.1 Å². The van der Waals surface area contributed by atoms with E-state index in [1.165, 1.54) is 6.33 Å². The Kier molecular flexibility index (Phi) is 4.25. The number of hydrogen-bond acceptors (Lipinski definition) is 7. The van der Waals surface area contributed by atoms with Crippen molar-refractivity contribution in [3.63, 3.8) is 0 Å². The number of carbonyl (C=O) groups excluding carboxylic acids is 1. The van der Waals surface area contributed by atoms with Gasteiger partial charge in [-0.25, -0.2) is 18.4 Å².